The molecule has 0 amide bonds. The highest BCUT2D eigenvalue weighted by molar-refractivity contribution is 5.41. The van der Waals surface area contributed by atoms with Crippen LogP contribution in [0.15, 0.2) is 42.6 Å². The van der Waals surface area contributed by atoms with Gasteiger partial charge >= 0.3 is 0 Å². The van der Waals surface area contributed by atoms with Gasteiger partial charge in [-0.15, -0.1) is 0 Å². The first-order valence-corrected chi connectivity index (χ1v) is 7.47. The molecule has 0 aliphatic rings. The highest BCUT2D eigenvalue weighted by Crippen LogP contribution is 2.13. The molecule has 2 rings (SSSR count). The second-order valence-electron chi connectivity index (χ2n) is 5.69. The first-order valence-electron chi connectivity index (χ1n) is 7.47. The molecule has 0 saturated heterocycles. The van der Waals surface area contributed by atoms with Crippen LogP contribution in [-0.2, 0) is 6.54 Å². The van der Waals surface area contributed by atoms with Gasteiger partial charge in [0.25, 0.3) is 0 Å². The van der Waals surface area contributed by atoms with Crippen molar-refractivity contribution in [1.29, 1.82) is 0 Å². The summed E-state index contributed by atoms with van der Waals surface area (Å²) < 4.78 is 0. The Balaban J connectivity index is 1.96. The molecule has 1 aromatic heterocycles. The molecule has 0 bridgehead atoms. The Labute approximate surface area is 127 Å². The molecule has 0 atom stereocenters. The van der Waals surface area contributed by atoms with E-state index in [0.29, 0.717) is 5.92 Å². The van der Waals surface area contributed by atoms with Crippen molar-refractivity contribution in [3.05, 3.63) is 48.2 Å². The molecule has 4 nitrogen and oxygen atoms in total. The lowest BCUT2D eigenvalue weighted by molar-refractivity contribution is 0.606. The van der Waals surface area contributed by atoms with Gasteiger partial charge in [-0.2, -0.15) is 4.98 Å². The van der Waals surface area contributed by atoms with Crippen LogP contribution < -0.4 is 10.2 Å². The van der Waals surface area contributed by atoms with Gasteiger partial charge < -0.3 is 10.2 Å². The molecule has 0 aliphatic heterocycles. The van der Waals surface area contributed by atoms with Gasteiger partial charge in [0, 0.05) is 26.3 Å². The SMILES string of the molecule is CC(C)CCNc1ccnc(N(C)Cc2ccccc2)n1. The van der Waals surface area contributed by atoms with E-state index in [0.717, 1.165) is 31.3 Å². The predicted octanol–water partition coefficient (Wildman–Crippen LogP) is 3.57. The van der Waals surface area contributed by atoms with Gasteiger partial charge in [0.2, 0.25) is 5.95 Å². The van der Waals surface area contributed by atoms with E-state index in [2.05, 4.69) is 46.2 Å². The minimum absolute atomic E-state index is 0.694. The number of aromatic nitrogens is 2. The van der Waals surface area contributed by atoms with Gasteiger partial charge in [0.1, 0.15) is 5.82 Å². The Hall–Kier alpha value is -2.10. The zero-order valence-corrected chi connectivity index (χ0v) is 13.1. The van der Waals surface area contributed by atoms with Gasteiger partial charge in [-0.1, -0.05) is 44.2 Å². The highest BCUT2D eigenvalue weighted by Gasteiger charge is 2.06. The highest BCUT2D eigenvalue weighted by atomic mass is 15.2. The molecule has 0 aliphatic carbocycles. The normalized spacial score (nSPS) is 10.7. The summed E-state index contributed by atoms with van der Waals surface area (Å²) in [6.07, 6.45) is 2.95. The topological polar surface area (TPSA) is 41.1 Å². The number of nitrogens with one attached hydrogen (secondary N) is 1. The number of benzene rings is 1. The largest absolute Gasteiger partial charge is 0.370 e. The van der Waals surface area contributed by atoms with E-state index in [-0.39, 0.29) is 0 Å². The molecular formula is C17H24N4. The lowest BCUT2D eigenvalue weighted by atomic mass is 10.1. The van der Waals surface area contributed by atoms with Crippen molar-refractivity contribution in [2.75, 3.05) is 23.8 Å². The number of hydrogen-bond donors (Lipinski definition) is 1. The number of hydrogen-bond acceptors (Lipinski definition) is 4. The van der Waals surface area contributed by atoms with Gasteiger partial charge in [-0.25, -0.2) is 4.98 Å². The third-order valence-electron chi connectivity index (χ3n) is 3.27. The van der Waals surface area contributed by atoms with Crippen LogP contribution in [0.1, 0.15) is 25.8 Å². The zero-order chi connectivity index (χ0) is 15.1. The van der Waals surface area contributed by atoms with Gasteiger partial charge in [-0.3, -0.25) is 0 Å². The van der Waals surface area contributed by atoms with Crippen molar-refractivity contribution in [3.8, 4) is 0 Å². The maximum atomic E-state index is 4.57. The molecule has 0 radical (unpaired) electrons. The lowest BCUT2D eigenvalue weighted by Gasteiger charge is -2.18. The van der Waals surface area contributed by atoms with E-state index in [1.807, 2.05) is 37.5 Å². The molecule has 112 valence electrons. The van der Waals surface area contributed by atoms with Crippen LogP contribution in [0.2, 0.25) is 0 Å². The maximum absolute atomic E-state index is 4.57. The van der Waals surface area contributed by atoms with Crippen molar-refractivity contribution in [3.63, 3.8) is 0 Å². The van der Waals surface area contributed by atoms with E-state index < -0.39 is 0 Å². The minimum Gasteiger partial charge on any atom is -0.370 e. The van der Waals surface area contributed by atoms with Crippen LogP contribution >= 0.6 is 0 Å². The molecule has 2 aromatic rings. The molecular weight excluding hydrogens is 260 g/mol. The first-order chi connectivity index (χ1) is 10.1. The second-order valence-corrected chi connectivity index (χ2v) is 5.69. The summed E-state index contributed by atoms with van der Waals surface area (Å²) in [7, 11) is 2.01. The Bertz CT molecular complexity index is 539. The van der Waals surface area contributed by atoms with E-state index in [9.17, 15) is 0 Å². The Morgan fingerprint density at radius 3 is 2.62 bits per heavy atom. The van der Waals surface area contributed by atoms with Crippen LogP contribution in [0.4, 0.5) is 11.8 Å². The Morgan fingerprint density at radius 1 is 1.14 bits per heavy atom. The Kier molecular flexibility index (Phi) is 5.55. The fraction of sp³-hybridized carbons (Fsp3) is 0.412. The fourth-order valence-electron chi connectivity index (χ4n) is 2.05. The third kappa shape index (κ3) is 5.06. The summed E-state index contributed by atoms with van der Waals surface area (Å²) in [5.74, 6) is 2.33. The number of anilines is 2. The van der Waals surface area contributed by atoms with Crippen molar-refractivity contribution < 1.29 is 0 Å². The molecule has 0 unspecified atom stereocenters. The van der Waals surface area contributed by atoms with Gasteiger partial charge in [0.15, 0.2) is 0 Å². The minimum atomic E-state index is 0.694. The average Bonchev–Trinajstić information content (AvgIpc) is 2.48. The monoisotopic (exact) mass is 284 g/mol. The van der Waals surface area contributed by atoms with Gasteiger partial charge in [-0.05, 0) is 24.0 Å². The summed E-state index contributed by atoms with van der Waals surface area (Å²) in [5.41, 5.74) is 1.25. The molecule has 1 heterocycles. The predicted molar refractivity (Wildman–Crippen MR) is 88.5 cm³/mol. The van der Waals surface area contributed by atoms with E-state index >= 15 is 0 Å². The Morgan fingerprint density at radius 2 is 1.90 bits per heavy atom. The standard InChI is InChI=1S/C17H24N4/c1-14(2)9-11-18-16-10-12-19-17(20-16)21(3)13-15-7-5-4-6-8-15/h4-8,10,12,14H,9,11,13H2,1-3H3,(H,18,19,20). The second kappa shape index (κ2) is 7.62. The summed E-state index contributed by atoms with van der Waals surface area (Å²) in [6.45, 7) is 6.19. The summed E-state index contributed by atoms with van der Waals surface area (Å²) in [6, 6.07) is 12.3. The van der Waals surface area contributed by atoms with Crippen LogP contribution in [0.25, 0.3) is 0 Å². The fourth-order valence-corrected chi connectivity index (χ4v) is 2.05. The van der Waals surface area contributed by atoms with E-state index in [1.165, 1.54) is 5.56 Å². The van der Waals surface area contributed by atoms with E-state index in [4.69, 9.17) is 0 Å². The maximum Gasteiger partial charge on any atom is 0.227 e. The number of nitrogens with zero attached hydrogens (tertiary/aromatic N) is 3. The van der Waals surface area contributed by atoms with Crippen LogP contribution in [0.5, 0.6) is 0 Å². The zero-order valence-electron chi connectivity index (χ0n) is 13.1. The van der Waals surface area contributed by atoms with Crippen LogP contribution in [0, 0.1) is 5.92 Å². The third-order valence-corrected chi connectivity index (χ3v) is 3.27. The molecule has 0 spiro atoms. The smallest absolute Gasteiger partial charge is 0.227 e. The molecule has 1 aromatic carbocycles. The molecule has 0 fully saturated rings. The average molecular weight is 284 g/mol. The molecule has 21 heavy (non-hydrogen) atoms. The summed E-state index contributed by atoms with van der Waals surface area (Å²) in [4.78, 5) is 11.0. The van der Waals surface area contributed by atoms with Crippen LogP contribution in [0.3, 0.4) is 0 Å². The van der Waals surface area contributed by atoms with Crippen molar-refractivity contribution in [1.82, 2.24) is 9.97 Å². The molecule has 4 heteroatoms. The quantitative estimate of drug-likeness (QED) is 0.844. The summed E-state index contributed by atoms with van der Waals surface area (Å²) >= 11 is 0. The van der Waals surface area contributed by atoms with Crippen LogP contribution in [-0.4, -0.2) is 23.6 Å². The van der Waals surface area contributed by atoms with E-state index in [1.54, 1.807) is 0 Å². The van der Waals surface area contributed by atoms with Crippen molar-refractivity contribution in [2.24, 2.45) is 5.92 Å². The van der Waals surface area contributed by atoms with Crippen molar-refractivity contribution >= 4 is 11.8 Å². The molecule has 0 saturated carbocycles. The van der Waals surface area contributed by atoms with Gasteiger partial charge in [0.05, 0.1) is 0 Å². The number of rotatable bonds is 7. The van der Waals surface area contributed by atoms with Crippen molar-refractivity contribution in [2.45, 2.75) is 26.8 Å². The lowest BCUT2D eigenvalue weighted by Crippen LogP contribution is -2.19. The first kappa shape index (κ1) is 15.3. The summed E-state index contributed by atoms with van der Waals surface area (Å²) in [5, 5.41) is 3.36. The molecule has 1 N–H and O–H groups in total.